The number of aliphatic hydroxyl groups excluding tert-OH is 1. The standard InChI is InChI=1S/C21H26O3.C14H12O2/c1-5-24-20-17(14-15(2)3)12-9-13-18(20)19(22)21(23-4)16-10-7-6-8-11-16;15-13(11-7-3-1-4-8-11)14(16)12-9-5-2-6-10-12/h6-13,15,21H,5,14H2,1-4H3;1-10,13,15H. The van der Waals surface area contributed by atoms with Crippen LogP contribution in [0.15, 0.2) is 109 Å². The third kappa shape index (κ3) is 8.22. The molecule has 4 rings (SSSR count). The summed E-state index contributed by atoms with van der Waals surface area (Å²) < 4.78 is 11.3. The average molecular weight is 539 g/mol. The molecule has 0 aliphatic rings. The topological polar surface area (TPSA) is 72.8 Å². The summed E-state index contributed by atoms with van der Waals surface area (Å²) in [6, 6.07) is 33.1. The molecule has 5 nitrogen and oxygen atoms in total. The first kappa shape index (κ1) is 30.5. The van der Waals surface area contributed by atoms with Crippen molar-refractivity contribution >= 4 is 11.6 Å². The minimum absolute atomic E-state index is 0.0715. The molecule has 0 radical (unpaired) electrons. The maximum absolute atomic E-state index is 13.1. The molecule has 5 heteroatoms. The van der Waals surface area contributed by atoms with Gasteiger partial charge in [0.15, 0.2) is 11.6 Å². The van der Waals surface area contributed by atoms with E-state index in [1.807, 2.05) is 67.6 Å². The highest BCUT2D eigenvalue weighted by atomic mass is 16.5. The van der Waals surface area contributed by atoms with E-state index >= 15 is 0 Å². The highest BCUT2D eigenvalue weighted by Gasteiger charge is 2.26. The molecule has 0 fully saturated rings. The minimum atomic E-state index is -1.08. The van der Waals surface area contributed by atoms with Crippen molar-refractivity contribution < 1.29 is 24.2 Å². The SMILES string of the molecule is CCOc1c(CC(C)C)cccc1C(=O)C(OC)c1ccccc1.O=C(c1ccccc1)C(O)c1ccccc1. The first-order valence-corrected chi connectivity index (χ1v) is 13.6. The third-order valence-electron chi connectivity index (χ3n) is 6.28. The van der Waals surface area contributed by atoms with Gasteiger partial charge in [0, 0.05) is 12.7 Å². The summed E-state index contributed by atoms with van der Waals surface area (Å²) >= 11 is 0. The highest BCUT2D eigenvalue weighted by molar-refractivity contribution is 6.02. The second kappa shape index (κ2) is 15.5. The van der Waals surface area contributed by atoms with Gasteiger partial charge >= 0.3 is 0 Å². The quantitative estimate of drug-likeness (QED) is 0.201. The zero-order valence-electron chi connectivity index (χ0n) is 23.6. The van der Waals surface area contributed by atoms with Crippen molar-refractivity contribution in [2.75, 3.05) is 13.7 Å². The van der Waals surface area contributed by atoms with Crippen LogP contribution in [0.25, 0.3) is 0 Å². The smallest absolute Gasteiger partial charge is 0.199 e. The Labute approximate surface area is 237 Å². The van der Waals surface area contributed by atoms with Crippen molar-refractivity contribution in [1.82, 2.24) is 0 Å². The third-order valence-corrected chi connectivity index (χ3v) is 6.28. The van der Waals surface area contributed by atoms with Gasteiger partial charge < -0.3 is 14.6 Å². The maximum Gasteiger partial charge on any atom is 0.199 e. The first-order chi connectivity index (χ1) is 19.4. The summed E-state index contributed by atoms with van der Waals surface area (Å²) in [4.78, 5) is 25.0. The van der Waals surface area contributed by atoms with E-state index < -0.39 is 12.2 Å². The lowest BCUT2D eigenvalue weighted by molar-refractivity contribution is 0.0600. The van der Waals surface area contributed by atoms with E-state index in [1.165, 1.54) is 0 Å². The van der Waals surface area contributed by atoms with Crippen LogP contribution in [0, 0.1) is 5.92 Å². The lowest BCUT2D eigenvalue weighted by Crippen LogP contribution is -2.17. The number of para-hydroxylation sites is 1. The molecule has 0 aliphatic carbocycles. The van der Waals surface area contributed by atoms with Gasteiger partial charge in [0.05, 0.1) is 12.2 Å². The van der Waals surface area contributed by atoms with E-state index in [1.54, 1.807) is 55.6 Å². The van der Waals surface area contributed by atoms with Crippen LogP contribution >= 0.6 is 0 Å². The number of Topliss-reactive ketones (excluding diaryl/α,β-unsaturated/α-hetero) is 2. The molecule has 0 saturated carbocycles. The van der Waals surface area contributed by atoms with E-state index in [0.29, 0.717) is 35.0 Å². The first-order valence-electron chi connectivity index (χ1n) is 13.6. The molecular formula is C35H38O5. The van der Waals surface area contributed by atoms with Crippen molar-refractivity contribution in [3.8, 4) is 5.75 Å². The van der Waals surface area contributed by atoms with Gasteiger partial charge in [-0.25, -0.2) is 0 Å². The summed E-state index contributed by atoms with van der Waals surface area (Å²) in [5.74, 6) is 0.836. The van der Waals surface area contributed by atoms with Crippen LogP contribution in [0.3, 0.4) is 0 Å². The normalized spacial score (nSPS) is 12.2. The second-order valence-corrected chi connectivity index (χ2v) is 9.76. The number of carbonyl (C=O) groups excluding carboxylic acids is 2. The van der Waals surface area contributed by atoms with E-state index in [9.17, 15) is 14.7 Å². The highest BCUT2D eigenvalue weighted by Crippen LogP contribution is 2.31. The van der Waals surface area contributed by atoms with Crippen LogP contribution < -0.4 is 4.74 Å². The lowest BCUT2D eigenvalue weighted by Gasteiger charge is -2.19. The average Bonchev–Trinajstić information content (AvgIpc) is 2.99. The Morgan fingerprint density at radius 2 is 1.27 bits per heavy atom. The fourth-order valence-electron chi connectivity index (χ4n) is 4.40. The van der Waals surface area contributed by atoms with Gasteiger partial charge in [-0.2, -0.15) is 0 Å². The van der Waals surface area contributed by atoms with Gasteiger partial charge in [-0.3, -0.25) is 9.59 Å². The van der Waals surface area contributed by atoms with Gasteiger partial charge in [0.1, 0.15) is 18.0 Å². The van der Waals surface area contributed by atoms with Gasteiger partial charge in [0.25, 0.3) is 0 Å². The van der Waals surface area contributed by atoms with Crippen molar-refractivity contribution in [1.29, 1.82) is 0 Å². The summed E-state index contributed by atoms with van der Waals surface area (Å²) in [6.07, 6.45) is -0.831. The summed E-state index contributed by atoms with van der Waals surface area (Å²) in [5, 5.41) is 9.89. The van der Waals surface area contributed by atoms with E-state index in [4.69, 9.17) is 9.47 Å². The molecule has 4 aromatic rings. The monoisotopic (exact) mass is 538 g/mol. The van der Waals surface area contributed by atoms with Crippen LogP contribution in [0.4, 0.5) is 0 Å². The summed E-state index contributed by atoms with van der Waals surface area (Å²) in [7, 11) is 1.56. The van der Waals surface area contributed by atoms with Crippen molar-refractivity contribution in [2.45, 2.75) is 39.4 Å². The molecule has 0 aromatic heterocycles. The van der Waals surface area contributed by atoms with Crippen LogP contribution in [-0.2, 0) is 11.2 Å². The van der Waals surface area contributed by atoms with Gasteiger partial charge in [-0.15, -0.1) is 0 Å². The Balaban J connectivity index is 0.000000238. The van der Waals surface area contributed by atoms with Crippen molar-refractivity contribution in [2.24, 2.45) is 5.92 Å². The van der Waals surface area contributed by atoms with E-state index in [0.717, 1.165) is 17.5 Å². The number of hydrogen-bond acceptors (Lipinski definition) is 5. The molecule has 40 heavy (non-hydrogen) atoms. The molecule has 2 unspecified atom stereocenters. The molecule has 4 aromatic carbocycles. The fourth-order valence-corrected chi connectivity index (χ4v) is 4.40. The second-order valence-electron chi connectivity index (χ2n) is 9.76. The zero-order chi connectivity index (χ0) is 28.9. The van der Waals surface area contributed by atoms with E-state index in [2.05, 4.69) is 13.8 Å². The molecule has 1 N–H and O–H groups in total. The Bertz CT molecular complexity index is 1330. The Hall–Kier alpha value is -4.06. The number of carbonyl (C=O) groups is 2. The molecule has 0 spiro atoms. The number of ether oxygens (including phenoxy) is 2. The van der Waals surface area contributed by atoms with Crippen LogP contribution in [0.1, 0.15) is 70.4 Å². The van der Waals surface area contributed by atoms with Crippen molar-refractivity contribution in [3.05, 3.63) is 137 Å². The Kier molecular flexibility index (Phi) is 11.8. The minimum Gasteiger partial charge on any atom is -0.493 e. The molecule has 0 saturated heterocycles. The predicted octanol–water partition coefficient (Wildman–Crippen LogP) is 7.46. The van der Waals surface area contributed by atoms with Gasteiger partial charge in [0.2, 0.25) is 0 Å². The van der Waals surface area contributed by atoms with Gasteiger partial charge in [-0.1, -0.05) is 117 Å². The van der Waals surface area contributed by atoms with E-state index in [-0.39, 0.29) is 11.6 Å². The van der Waals surface area contributed by atoms with Crippen LogP contribution in [0.5, 0.6) is 5.75 Å². The Morgan fingerprint density at radius 3 is 1.80 bits per heavy atom. The summed E-state index contributed by atoms with van der Waals surface area (Å²) in [6.45, 7) is 6.78. The number of ketones is 2. The molecular weight excluding hydrogens is 500 g/mol. The summed E-state index contributed by atoms with van der Waals surface area (Å²) in [5.41, 5.74) is 3.66. The number of benzene rings is 4. The van der Waals surface area contributed by atoms with Gasteiger partial charge in [-0.05, 0) is 42.0 Å². The molecule has 0 bridgehead atoms. The fraction of sp³-hybridized carbons (Fsp3) is 0.257. The molecule has 0 aliphatic heterocycles. The molecule has 208 valence electrons. The Morgan fingerprint density at radius 1 is 0.725 bits per heavy atom. The number of aliphatic hydroxyl groups is 1. The lowest BCUT2D eigenvalue weighted by atomic mass is 9.94. The predicted molar refractivity (Wildman–Crippen MR) is 159 cm³/mol. The van der Waals surface area contributed by atoms with Crippen LogP contribution in [-0.4, -0.2) is 30.4 Å². The zero-order valence-corrected chi connectivity index (χ0v) is 23.6. The molecule has 2 atom stereocenters. The number of methoxy groups -OCH3 is 1. The molecule has 0 amide bonds. The van der Waals surface area contributed by atoms with Crippen LogP contribution in [0.2, 0.25) is 0 Å². The number of rotatable bonds is 11. The van der Waals surface area contributed by atoms with Crippen molar-refractivity contribution in [3.63, 3.8) is 0 Å². The largest absolute Gasteiger partial charge is 0.493 e. The maximum atomic E-state index is 13.1. The number of hydrogen-bond donors (Lipinski definition) is 1. The molecule has 0 heterocycles.